The predicted molar refractivity (Wildman–Crippen MR) is 126 cm³/mol. The number of hydrogen-bond donors (Lipinski definition) is 1. The summed E-state index contributed by atoms with van der Waals surface area (Å²) in [6.45, 7) is 5.31. The second-order valence-corrected chi connectivity index (χ2v) is 12.3. The van der Waals surface area contributed by atoms with Crippen molar-refractivity contribution in [2.75, 3.05) is 30.1 Å². The van der Waals surface area contributed by atoms with Crippen LogP contribution in [0.4, 0.5) is 10.5 Å². The largest absolute Gasteiger partial charge is 0.495 e. The number of nitrogens with zero attached hydrogens (tertiary/aromatic N) is 2. The first kappa shape index (κ1) is 24.7. The van der Waals surface area contributed by atoms with Crippen molar-refractivity contribution in [3.05, 3.63) is 23.2 Å². The smallest absolute Gasteiger partial charge is 0.407 e. The van der Waals surface area contributed by atoms with Gasteiger partial charge in [0.05, 0.1) is 30.3 Å². The fourth-order valence-corrected chi connectivity index (χ4v) is 7.54. The van der Waals surface area contributed by atoms with Crippen molar-refractivity contribution in [1.82, 2.24) is 5.32 Å². The second kappa shape index (κ2) is 9.48. The van der Waals surface area contributed by atoms with Gasteiger partial charge in [0, 0.05) is 23.2 Å². The Morgan fingerprint density at radius 1 is 1.31 bits per heavy atom. The normalized spacial score (nSPS) is 23.2. The minimum atomic E-state index is -3.20. The standard InChI is InChI=1S/C20H26ClN3O6S2/c1-20(2,3)30-19(26)22-8-7-17(25)23-18-24(13-9-12(21)5-6-15(13)29-4)14-10-32(27,28)11-16(14)31-18/h5-6,9,14,16H,7-8,10-11H2,1-4H3,(H,22,26)/t14-,16-/m1/s1. The molecule has 2 aliphatic rings. The fourth-order valence-electron chi connectivity index (χ4n) is 3.45. The molecule has 176 valence electrons. The molecule has 32 heavy (non-hydrogen) atoms. The van der Waals surface area contributed by atoms with Gasteiger partial charge in [-0.05, 0) is 39.0 Å². The van der Waals surface area contributed by atoms with Crippen molar-refractivity contribution in [3.8, 4) is 5.75 Å². The third-order valence-corrected chi connectivity index (χ3v) is 8.14. The lowest BCUT2D eigenvalue weighted by Crippen LogP contribution is -2.38. The average molecular weight is 504 g/mol. The number of benzene rings is 1. The van der Waals surface area contributed by atoms with Crippen LogP contribution >= 0.6 is 23.4 Å². The number of anilines is 1. The maximum absolute atomic E-state index is 12.5. The molecule has 2 fully saturated rings. The zero-order valence-corrected chi connectivity index (χ0v) is 20.6. The number of thioether (sulfide) groups is 1. The molecule has 0 saturated carbocycles. The molecule has 2 amide bonds. The summed E-state index contributed by atoms with van der Waals surface area (Å²) in [5.74, 6) is 0.00662. The number of rotatable bonds is 5. The van der Waals surface area contributed by atoms with Gasteiger partial charge in [-0.1, -0.05) is 23.4 Å². The number of methoxy groups -OCH3 is 1. The Bertz CT molecular complexity index is 1040. The predicted octanol–water partition coefficient (Wildman–Crippen LogP) is 2.86. The molecule has 2 saturated heterocycles. The van der Waals surface area contributed by atoms with Crippen LogP contribution in [0.5, 0.6) is 5.75 Å². The number of halogens is 1. The number of amidine groups is 1. The third-order valence-electron chi connectivity index (χ3n) is 4.69. The molecule has 0 unspecified atom stereocenters. The van der Waals surface area contributed by atoms with Crippen LogP contribution in [-0.4, -0.2) is 67.6 Å². The lowest BCUT2D eigenvalue weighted by atomic mass is 10.2. The Labute approximate surface area is 196 Å². The summed E-state index contributed by atoms with van der Waals surface area (Å²) in [4.78, 5) is 30.2. The average Bonchev–Trinajstić information content (AvgIpc) is 3.10. The molecule has 9 nitrogen and oxygen atoms in total. The molecule has 1 N–H and O–H groups in total. The number of fused-ring (bicyclic) bond motifs is 1. The number of aliphatic imine (C=N–C) groups is 1. The van der Waals surface area contributed by atoms with Gasteiger partial charge in [0.1, 0.15) is 11.4 Å². The number of carbonyl (C=O) groups excluding carboxylic acids is 2. The van der Waals surface area contributed by atoms with Gasteiger partial charge in [0.25, 0.3) is 0 Å². The summed E-state index contributed by atoms with van der Waals surface area (Å²) in [5, 5.41) is 3.10. The topological polar surface area (TPSA) is 114 Å². The molecule has 1 aromatic carbocycles. The van der Waals surface area contributed by atoms with Gasteiger partial charge in [-0.15, -0.1) is 0 Å². The van der Waals surface area contributed by atoms with Crippen LogP contribution < -0.4 is 15.0 Å². The van der Waals surface area contributed by atoms with Gasteiger partial charge in [0.2, 0.25) is 5.91 Å². The van der Waals surface area contributed by atoms with E-state index in [1.807, 2.05) is 0 Å². The maximum Gasteiger partial charge on any atom is 0.407 e. The van der Waals surface area contributed by atoms with Crippen LogP contribution in [-0.2, 0) is 19.4 Å². The van der Waals surface area contributed by atoms with E-state index in [0.29, 0.717) is 21.6 Å². The number of ether oxygens (including phenoxy) is 2. The number of alkyl carbamates (subject to hydrolysis) is 1. The van der Waals surface area contributed by atoms with Crippen LogP contribution in [0, 0.1) is 0 Å². The lowest BCUT2D eigenvalue weighted by Gasteiger charge is -2.26. The number of carbonyl (C=O) groups is 2. The van der Waals surface area contributed by atoms with E-state index in [1.54, 1.807) is 43.9 Å². The van der Waals surface area contributed by atoms with E-state index >= 15 is 0 Å². The molecule has 1 aromatic rings. The van der Waals surface area contributed by atoms with E-state index in [4.69, 9.17) is 21.1 Å². The highest BCUT2D eigenvalue weighted by Crippen LogP contribution is 2.44. The zero-order chi connectivity index (χ0) is 23.7. The van der Waals surface area contributed by atoms with Crippen LogP contribution in [0.3, 0.4) is 0 Å². The molecule has 0 aliphatic carbocycles. The number of amides is 2. The molecule has 2 atom stereocenters. The van der Waals surface area contributed by atoms with Crippen LogP contribution in [0.1, 0.15) is 27.2 Å². The molecule has 0 spiro atoms. The van der Waals surface area contributed by atoms with E-state index in [-0.39, 0.29) is 35.8 Å². The first-order valence-electron chi connectivity index (χ1n) is 9.97. The molecule has 12 heteroatoms. The van der Waals surface area contributed by atoms with Gasteiger partial charge >= 0.3 is 6.09 Å². The highest BCUT2D eigenvalue weighted by Gasteiger charge is 2.50. The minimum absolute atomic E-state index is 0.00905. The van der Waals surface area contributed by atoms with Crippen molar-refractivity contribution in [1.29, 1.82) is 0 Å². The molecule has 2 aliphatic heterocycles. The summed E-state index contributed by atoms with van der Waals surface area (Å²) in [7, 11) is -1.70. The van der Waals surface area contributed by atoms with Crippen molar-refractivity contribution >= 4 is 56.1 Å². The Hall–Kier alpha value is -1.98. The fraction of sp³-hybridized carbons (Fsp3) is 0.550. The Balaban J connectivity index is 1.79. The summed E-state index contributed by atoms with van der Waals surface area (Å²) in [5.41, 5.74) is -0.0841. The summed E-state index contributed by atoms with van der Waals surface area (Å²) >= 11 is 7.44. The number of nitrogens with one attached hydrogen (secondary N) is 1. The summed E-state index contributed by atoms with van der Waals surface area (Å²) < 4.78 is 35.0. The van der Waals surface area contributed by atoms with E-state index in [0.717, 1.165) is 0 Å². The highest BCUT2D eigenvalue weighted by molar-refractivity contribution is 8.16. The highest BCUT2D eigenvalue weighted by atomic mass is 35.5. The Morgan fingerprint density at radius 3 is 2.69 bits per heavy atom. The van der Waals surface area contributed by atoms with Gasteiger partial charge < -0.3 is 19.7 Å². The maximum atomic E-state index is 12.5. The molecule has 2 heterocycles. The summed E-state index contributed by atoms with van der Waals surface area (Å²) in [6.07, 6.45) is -0.643. The number of hydrogen-bond acceptors (Lipinski definition) is 7. The molecule has 0 radical (unpaired) electrons. The molecular weight excluding hydrogens is 478 g/mol. The van der Waals surface area contributed by atoms with Gasteiger partial charge in [-0.25, -0.2) is 13.2 Å². The lowest BCUT2D eigenvalue weighted by molar-refractivity contribution is -0.117. The van der Waals surface area contributed by atoms with Crippen molar-refractivity contribution in [2.45, 2.75) is 44.1 Å². The van der Waals surface area contributed by atoms with Crippen molar-refractivity contribution < 1.29 is 27.5 Å². The van der Waals surface area contributed by atoms with Crippen molar-refractivity contribution in [2.24, 2.45) is 4.99 Å². The SMILES string of the molecule is COc1ccc(Cl)cc1N1C(=NC(=O)CCNC(=O)OC(C)(C)C)S[C@@H]2CS(=O)(=O)C[C@H]21. The van der Waals surface area contributed by atoms with Crippen LogP contribution in [0.15, 0.2) is 23.2 Å². The van der Waals surface area contributed by atoms with E-state index in [1.165, 1.54) is 18.9 Å². The first-order chi connectivity index (χ1) is 14.9. The molecule has 0 bridgehead atoms. The molecule has 0 aromatic heterocycles. The van der Waals surface area contributed by atoms with E-state index < -0.39 is 27.4 Å². The Morgan fingerprint density at radius 2 is 2.03 bits per heavy atom. The molecular formula is C20H26ClN3O6S2. The monoisotopic (exact) mass is 503 g/mol. The van der Waals surface area contributed by atoms with E-state index in [9.17, 15) is 18.0 Å². The Kier molecular flexibility index (Phi) is 7.31. The van der Waals surface area contributed by atoms with Crippen molar-refractivity contribution in [3.63, 3.8) is 0 Å². The minimum Gasteiger partial charge on any atom is -0.495 e. The van der Waals surface area contributed by atoms with Crippen LogP contribution in [0.25, 0.3) is 0 Å². The zero-order valence-electron chi connectivity index (χ0n) is 18.3. The molecule has 3 rings (SSSR count). The quantitative estimate of drug-likeness (QED) is 0.652. The van der Waals surface area contributed by atoms with E-state index in [2.05, 4.69) is 10.3 Å². The van der Waals surface area contributed by atoms with Gasteiger partial charge in [-0.3, -0.25) is 4.79 Å². The number of sulfone groups is 1. The van der Waals surface area contributed by atoms with Gasteiger partial charge in [0.15, 0.2) is 15.0 Å². The summed E-state index contributed by atoms with van der Waals surface area (Å²) in [6, 6.07) is 4.63. The first-order valence-corrected chi connectivity index (χ1v) is 13.0. The second-order valence-electron chi connectivity index (χ2n) is 8.45. The van der Waals surface area contributed by atoms with Gasteiger partial charge in [-0.2, -0.15) is 4.99 Å². The van der Waals surface area contributed by atoms with Crippen LogP contribution in [0.2, 0.25) is 5.02 Å². The third kappa shape index (κ3) is 6.08.